The number of methoxy groups -OCH3 is 2. The molecular weight excluding hydrogens is 899 g/mol. The summed E-state index contributed by atoms with van der Waals surface area (Å²) in [6, 6.07) is 50.0. The molecule has 5 aromatic carbocycles. The van der Waals surface area contributed by atoms with Crippen molar-refractivity contribution in [3.8, 4) is 57.4 Å². The predicted molar refractivity (Wildman–Crippen MR) is 292 cm³/mol. The average Bonchev–Trinajstić information content (AvgIpc) is 3.39. The van der Waals surface area contributed by atoms with Gasteiger partial charge in [-0.15, -0.1) is 0 Å². The second kappa shape index (κ2) is 25.0. The lowest BCUT2D eigenvalue weighted by Crippen LogP contribution is -2.07. The minimum atomic E-state index is 0.0959. The van der Waals surface area contributed by atoms with Crippen LogP contribution in [0.5, 0.6) is 34.9 Å². The van der Waals surface area contributed by atoms with Crippen LogP contribution in [0.3, 0.4) is 0 Å². The third-order valence-corrected chi connectivity index (χ3v) is 10.7. The number of aromatic nitrogens is 5. The van der Waals surface area contributed by atoms with E-state index >= 15 is 0 Å². The lowest BCUT2D eigenvalue weighted by atomic mass is 10.1. The maximum absolute atomic E-state index is 5.98. The van der Waals surface area contributed by atoms with Crippen LogP contribution in [0.2, 0.25) is 0 Å². The van der Waals surface area contributed by atoms with Crippen LogP contribution in [0, 0.1) is 0 Å². The Hall–Kier alpha value is -8.31. The second-order valence-corrected chi connectivity index (χ2v) is 17.7. The smallest absolute Gasteiger partial charge is 0.222 e. The monoisotopic (exact) mass is 961 g/mol. The predicted octanol–water partition coefficient (Wildman–Crippen LogP) is 14.8. The van der Waals surface area contributed by atoms with Gasteiger partial charge in [0, 0.05) is 69.6 Å². The molecule has 11 nitrogen and oxygen atoms in total. The van der Waals surface area contributed by atoms with Crippen molar-refractivity contribution < 1.29 is 28.4 Å². The molecule has 0 radical (unpaired) electrons. The van der Waals surface area contributed by atoms with Crippen molar-refractivity contribution in [3.63, 3.8) is 0 Å². The van der Waals surface area contributed by atoms with Crippen LogP contribution in [0.25, 0.3) is 65.7 Å². The molecule has 0 aliphatic rings. The summed E-state index contributed by atoms with van der Waals surface area (Å²) in [5.74, 6) is 4.56. The highest BCUT2D eigenvalue weighted by molar-refractivity contribution is 5.91. The lowest BCUT2D eigenvalue weighted by molar-refractivity contribution is 0.235. The normalized spacial score (nSPS) is 10.9. The second-order valence-electron chi connectivity index (χ2n) is 17.7. The topological polar surface area (TPSA) is 120 Å². The molecule has 5 aromatic heterocycles. The Labute approximate surface area is 422 Å². The van der Waals surface area contributed by atoms with Gasteiger partial charge in [0.15, 0.2) is 0 Å². The van der Waals surface area contributed by atoms with E-state index in [1.54, 1.807) is 39.0 Å². The van der Waals surface area contributed by atoms with Gasteiger partial charge in [0.05, 0.1) is 55.5 Å². The van der Waals surface area contributed by atoms with Crippen molar-refractivity contribution in [2.45, 2.75) is 79.8 Å². The van der Waals surface area contributed by atoms with Gasteiger partial charge in [-0.25, -0.2) is 19.9 Å². The summed E-state index contributed by atoms with van der Waals surface area (Å²) in [6.07, 6.45) is 7.56. The molecule has 5 heterocycles. The first-order chi connectivity index (χ1) is 34.9. The largest absolute Gasteiger partial charge is 0.497 e. The van der Waals surface area contributed by atoms with Gasteiger partial charge < -0.3 is 28.4 Å². The zero-order valence-corrected chi connectivity index (χ0v) is 42.7. The third kappa shape index (κ3) is 13.9. The quantitative estimate of drug-likeness (QED) is 0.116. The van der Waals surface area contributed by atoms with Gasteiger partial charge in [-0.05, 0) is 144 Å². The van der Waals surface area contributed by atoms with Gasteiger partial charge in [0.1, 0.15) is 17.2 Å². The van der Waals surface area contributed by atoms with Gasteiger partial charge in [-0.1, -0.05) is 66.7 Å². The molecule has 0 N–H and O–H groups in total. The number of hydrogen-bond donors (Lipinski definition) is 0. The number of benzene rings is 5. The summed E-state index contributed by atoms with van der Waals surface area (Å²) in [7, 11) is 3.32. The molecule has 0 unspecified atom stereocenters. The summed E-state index contributed by atoms with van der Waals surface area (Å²) < 4.78 is 33.6. The Balaban J connectivity index is 0.000000143. The Morgan fingerprint density at radius 1 is 0.361 bits per heavy atom. The van der Waals surface area contributed by atoms with Crippen molar-refractivity contribution >= 4 is 43.2 Å². The highest BCUT2D eigenvalue weighted by atomic mass is 16.5. The van der Waals surface area contributed by atoms with Gasteiger partial charge >= 0.3 is 0 Å². The highest BCUT2D eigenvalue weighted by Crippen LogP contribution is 2.34. The molecule has 72 heavy (non-hydrogen) atoms. The lowest BCUT2D eigenvalue weighted by Gasteiger charge is -2.14. The highest BCUT2D eigenvalue weighted by Gasteiger charge is 2.13. The maximum atomic E-state index is 5.98. The van der Waals surface area contributed by atoms with E-state index in [9.17, 15) is 0 Å². The van der Waals surface area contributed by atoms with Gasteiger partial charge in [-0.3, -0.25) is 4.98 Å². The van der Waals surface area contributed by atoms with E-state index in [2.05, 4.69) is 38.1 Å². The molecule has 0 spiro atoms. The molecule has 10 aromatic rings. The van der Waals surface area contributed by atoms with Crippen LogP contribution in [0.1, 0.15) is 55.4 Å². The van der Waals surface area contributed by atoms with Crippen LogP contribution in [0.4, 0.5) is 0 Å². The van der Waals surface area contributed by atoms with Crippen molar-refractivity contribution in [1.29, 1.82) is 0 Å². The maximum Gasteiger partial charge on any atom is 0.222 e. The summed E-state index contributed by atoms with van der Waals surface area (Å²) in [4.78, 5) is 21.9. The van der Waals surface area contributed by atoms with E-state index in [0.29, 0.717) is 11.8 Å². The molecule has 0 saturated heterocycles. The van der Waals surface area contributed by atoms with Crippen LogP contribution < -0.4 is 28.4 Å². The summed E-state index contributed by atoms with van der Waals surface area (Å²) in [6.45, 7) is 16.1. The first kappa shape index (κ1) is 51.5. The Kier molecular flexibility index (Phi) is 17.9. The van der Waals surface area contributed by atoms with Crippen molar-refractivity contribution in [2.24, 2.45) is 0 Å². The van der Waals surface area contributed by atoms with E-state index in [4.69, 9.17) is 33.4 Å². The minimum Gasteiger partial charge on any atom is -0.497 e. The number of nitrogens with zero attached hydrogens (tertiary/aromatic N) is 5. The first-order valence-electron chi connectivity index (χ1n) is 24.2. The van der Waals surface area contributed by atoms with E-state index in [0.717, 1.165) is 88.9 Å². The van der Waals surface area contributed by atoms with Gasteiger partial charge in [0.2, 0.25) is 17.6 Å². The van der Waals surface area contributed by atoms with Crippen LogP contribution >= 0.6 is 0 Å². The molecule has 0 saturated carbocycles. The van der Waals surface area contributed by atoms with Gasteiger partial charge in [-0.2, -0.15) is 0 Å². The summed E-state index contributed by atoms with van der Waals surface area (Å²) >= 11 is 0. The van der Waals surface area contributed by atoms with Crippen molar-refractivity contribution in [3.05, 3.63) is 176 Å². The molecular formula is C61H63N5O6. The molecule has 10 rings (SSSR count). The summed E-state index contributed by atoms with van der Waals surface area (Å²) in [5.41, 5.74) is 4.79. The molecule has 0 atom stereocenters. The average molecular weight is 962 g/mol. The van der Waals surface area contributed by atoms with E-state index in [-0.39, 0.29) is 24.4 Å². The Morgan fingerprint density at radius 3 is 1.44 bits per heavy atom. The summed E-state index contributed by atoms with van der Waals surface area (Å²) in [5, 5.41) is 7.49. The van der Waals surface area contributed by atoms with Crippen LogP contribution in [-0.4, -0.2) is 63.6 Å². The first-order valence-corrected chi connectivity index (χ1v) is 24.2. The number of fused-ring (bicyclic) bond motifs is 4. The third-order valence-electron chi connectivity index (χ3n) is 10.7. The molecule has 0 amide bonds. The molecule has 0 fully saturated rings. The minimum absolute atomic E-state index is 0.0959. The van der Waals surface area contributed by atoms with Gasteiger partial charge in [0.25, 0.3) is 0 Å². The van der Waals surface area contributed by atoms with E-state index in [1.165, 1.54) is 0 Å². The van der Waals surface area contributed by atoms with Crippen molar-refractivity contribution in [2.75, 3.05) is 14.2 Å². The Bertz CT molecular complexity index is 3310. The Morgan fingerprint density at radius 2 is 0.833 bits per heavy atom. The number of hydrogen-bond acceptors (Lipinski definition) is 11. The van der Waals surface area contributed by atoms with Crippen LogP contribution in [0.15, 0.2) is 176 Å². The fourth-order valence-electron chi connectivity index (χ4n) is 7.54. The fraction of sp³-hybridized carbons (Fsp3) is 0.230. The number of ether oxygens (including phenoxy) is 6. The SMILES string of the molecule is CC(C)Oc1nc(-c2ccncc2)cc2ccccc12.CC(C)Oc1nccc2ccccc12.COc1ccc2c(OC(C)C)cc(-c3ccccc3)nc2c1.COc1ccc2c(OC(C)C)nccc2c1. The molecule has 11 heteroatoms. The number of pyridine rings is 5. The molecule has 0 aliphatic heterocycles. The van der Waals surface area contributed by atoms with Crippen molar-refractivity contribution in [1.82, 2.24) is 24.9 Å². The molecule has 0 bridgehead atoms. The van der Waals surface area contributed by atoms with Crippen LogP contribution in [-0.2, 0) is 0 Å². The molecule has 0 aliphatic carbocycles. The fourth-order valence-corrected chi connectivity index (χ4v) is 7.54. The molecule has 368 valence electrons. The zero-order chi connectivity index (χ0) is 51.0. The van der Waals surface area contributed by atoms with E-state index in [1.807, 2.05) is 189 Å². The zero-order valence-electron chi connectivity index (χ0n) is 42.7. The standard InChI is InChI=1S/C19H19NO2.C17H16N2O.C13H15NO2.C12H13NO/c1-13(2)22-19-12-17(14-7-5-4-6-8-14)20-18-11-15(21-3)9-10-16(18)19;1-12(2)20-17-15-6-4-3-5-14(15)11-16(19-17)13-7-9-18-10-8-13;1-9(2)16-13-12-5-4-11(15-3)8-10(12)6-7-14-13;1-9(2)14-12-11-6-4-3-5-10(11)7-8-13-12/h4-13H,1-3H3;3-12H,1-2H3;4-9H,1-3H3;3-9H,1-2H3. The number of rotatable bonds is 12. The van der Waals surface area contributed by atoms with E-state index < -0.39 is 0 Å².